The third-order valence-electron chi connectivity index (χ3n) is 3.15. The minimum absolute atomic E-state index is 0.0854. The molecular weight excluding hydrogens is 313 g/mol. The predicted molar refractivity (Wildman–Crippen MR) is 85.6 cm³/mol. The van der Waals surface area contributed by atoms with E-state index in [0.29, 0.717) is 15.8 Å². The molecule has 0 saturated carbocycles. The van der Waals surface area contributed by atoms with Crippen molar-refractivity contribution in [2.75, 3.05) is 10.7 Å². The van der Waals surface area contributed by atoms with E-state index in [1.165, 1.54) is 0 Å². The Labute approximate surface area is 131 Å². The van der Waals surface area contributed by atoms with E-state index in [4.69, 9.17) is 23.2 Å². The summed E-state index contributed by atoms with van der Waals surface area (Å²) in [5.41, 5.74) is 1.75. The normalized spacial score (nSPS) is 18.6. The van der Waals surface area contributed by atoms with Crippen LogP contribution in [0.4, 0.5) is 5.69 Å². The highest BCUT2D eigenvalue weighted by Crippen LogP contribution is 2.45. The predicted octanol–water partition coefficient (Wildman–Crippen LogP) is 4.77. The Morgan fingerprint density at radius 2 is 1.80 bits per heavy atom. The van der Waals surface area contributed by atoms with Crippen LogP contribution in [0.5, 0.6) is 0 Å². The molecule has 1 atom stereocenters. The Kier molecular flexibility index (Phi) is 3.92. The number of carbonyl (C=O) groups is 1. The van der Waals surface area contributed by atoms with Crippen LogP contribution >= 0.6 is 35.0 Å². The molecule has 5 heteroatoms. The Bertz CT molecular complexity index is 648. The van der Waals surface area contributed by atoms with Crippen LogP contribution in [0, 0.1) is 0 Å². The maximum Gasteiger partial charge on any atom is 0.238 e. The van der Waals surface area contributed by atoms with Gasteiger partial charge in [-0.3, -0.25) is 9.69 Å². The first-order chi connectivity index (χ1) is 9.68. The standard InChI is InChI=1S/C15H11Cl2NOS/c16-12-8-4-7-11(14(12)17)15-18(13(19)9-20-15)10-5-2-1-3-6-10/h1-8,15H,9H2/t15-/m1/s1. The summed E-state index contributed by atoms with van der Waals surface area (Å²) >= 11 is 13.9. The molecule has 2 aromatic rings. The molecule has 1 heterocycles. The second-order valence-electron chi connectivity index (χ2n) is 4.41. The zero-order valence-corrected chi connectivity index (χ0v) is 12.8. The van der Waals surface area contributed by atoms with Crippen LogP contribution in [-0.4, -0.2) is 11.7 Å². The van der Waals surface area contributed by atoms with Crippen LogP contribution in [-0.2, 0) is 4.79 Å². The largest absolute Gasteiger partial charge is 0.295 e. The molecule has 1 aliphatic heterocycles. The van der Waals surface area contributed by atoms with Gasteiger partial charge in [0, 0.05) is 11.3 Å². The molecule has 0 N–H and O–H groups in total. The molecule has 0 radical (unpaired) electrons. The number of rotatable bonds is 2. The van der Waals surface area contributed by atoms with Gasteiger partial charge in [0.15, 0.2) is 0 Å². The van der Waals surface area contributed by atoms with E-state index in [-0.39, 0.29) is 11.3 Å². The fraction of sp³-hybridized carbons (Fsp3) is 0.133. The van der Waals surface area contributed by atoms with Crippen molar-refractivity contribution in [1.82, 2.24) is 0 Å². The molecule has 1 fully saturated rings. The van der Waals surface area contributed by atoms with Crippen LogP contribution in [0.3, 0.4) is 0 Å². The molecular formula is C15H11Cl2NOS. The summed E-state index contributed by atoms with van der Waals surface area (Å²) in [5, 5.41) is 0.899. The van der Waals surface area contributed by atoms with Gasteiger partial charge in [0.05, 0.1) is 15.8 Å². The second-order valence-corrected chi connectivity index (χ2v) is 6.26. The van der Waals surface area contributed by atoms with E-state index < -0.39 is 0 Å². The molecule has 2 nitrogen and oxygen atoms in total. The molecule has 102 valence electrons. The number of amides is 1. The minimum Gasteiger partial charge on any atom is -0.295 e. The molecule has 1 saturated heterocycles. The number of para-hydroxylation sites is 1. The van der Waals surface area contributed by atoms with E-state index in [1.807, 2.05) is 42.5 Å². The number of carbonyl (C=O) groups excluding carboxylic acids is 1. The first kappa shape index (κ1) is 13.8. The topological polar surface area (TPSA) is 20.3 Å². The average Bonchev–Trinajstić information content (AvgIpc) is 2.84. The highest BCUT2D eigenvalue weighted by atomic mass is 35.5. The van der Waals surface area contributed by atoms with Gasteiger partial charge in [-0.1, -0.05) is 53.5 Å². The van der Waals surface area contributed by atoms with Gasteiger partial charge in [0.2, 0.25) is 5.91 Å². The molecule has 0 aromatic heterocycles. The van der Waals surface area contributed by atoms with Gasteiger partial charge >= 0.3 is 0 Å². The summed E-state index contributed by atoms with van der Waals surface area (Å²) in [4.78, 5) is 14.0. The average molecular weight is 324 g/mol. The maximum atomic E-state index is 12.2. The van der Waals surface area contributed by atoms with Gasteiger partial charge < -0.3 is 0 Å². The number of nitrogens with zero attached hydrogens (tertiary/aromatic N) is 1. The monoisotopic (exact) mass is 323 g/mol. The SMILES string of the molecule is O=C1CS[C@H](c2cccc(Cl)c2Cl)N1c1ccccc1. The minimum atomic E-state index is -0.129. The van der Waals surface area contributed by atoms with Crippen molar-refractivity contribution in [1.29, 1.82) is 0 Å². The van der Waals surface area contributed by atoms with E-state index in [9.17, 15) is 4.79 Å². The molecule has 0 bridgehead atoms. The summed E-state index contributed by atoms with van der Waals surface area (Å²) in [7, 11) is 0. The van der Waals surface area contributed by atoms with Gasteiger partial charge in [0.1, 0.15) is 5.37 Å². The second kappa shape index (κ2) is 5.68. The molecule has 2 aromatic carbocycles. The van der Waals surface area contributed by atoms with Crippen LogP contribution in [0.1, 0.15) is 10.9 Å². The fourth-order valence-corrected chi connectivity index (χ4v) is 3.91. The Balaban J connectivity index is 2.04. The number of benzene rings is 2. The lowest BCUT2D eigenvalue weighted by Gasteiger charge is -2.25. The third kappa shape index (κ3) is 2.41. The van der Waals surface area contributed by atoms with Crippen molar-refractivity contribution < 1.29 is 4.79 Å². The number of thioether (sulfide) groups is 1. The summed E-state index contributed by atoms with van der Waals surface area (Å²) in [6, 6.07) is 15.1. The number of hydrogen-bond donors (Lipinski definition) is 0. The van der Waals surface area contributed by atoms with Crippen molar-refractivity contribution in [3.8, 4) is 0 Å². The summed E-state index contributed by atoms with van der Waals surface area (Å²) in [6.45, 7) is 0. The lowest BCUT2D eigenvalue weighted by atomic mass is 10.2. The van der Waals surface area contributed by atoms with Crippen LogP contribution in [0.2, 0.25) is 10.0 Å². The molecule has 0 spiro atoms. The number of hydrogen-bond acceptors (Lipinski definition) is 2. The quantitative estimate of drug-likeness (QED) is 0.793. The molecule has 3 rings (SSSR count). The van der Waals surface area contributed by atoms with E-state index in [2.05, 4.69) is 0 Å². The van der Waals surface area contributed by atoms with Crippen molar-refractivity contribution in [3.05, 3.63) is 64.1 Å². The summed E-state index contributed by atoms with van der Waals surface area (Å²) < 4.78 is 0. The Morgan fingerprint density at radius 3 is 2.55 bits per heavy atom. The first-order valence-corrected chi connectivity index (χ1v) is 7.91. The van der Waals surface area contributed by atoms with Crippen molar-refractivity contribution in [2.24, 2.45) is 0 Å². The van der Waals surface area contributed by atoms with Crippen molar-refractivity contribution in [3.63, 3.8) is 0 Å². The van der Waals surface area contributed by atoms with Crippen LogP contribution in [0.25, 0.3) is 0 Å². The lowest BCUT2D eigenvalue weighted by Crippen LogP contribution is -2.27. The summed E-state index contributed by atoms with van der Waals surface area (Å²) in [5.74, 6) is 0.532. The highest BCUT2D eigenvalue weighted by Gasteiger charge is 2.35. The third-order valence-corrected chi connectivity index (χ3v) is 5.18. The highest BCUT2D eigenvalue weighted by molar-refractivity contribution is 8.00. The van der Waals surface area contributed by atoms with E-state index in [0.717, 1.165) is 11.3 Å². The molecule has 0 aliphatic carbocycles. The number of anilines is 1. The van der Waals surface area contributed by atoms with Crippen molar-refractivity contribution >= 4 is 46.6 Å². The van der Waals surface area contributed by atoms with E-state index >= 15 is 0 Å². The molecule has 1 aliphatic rings. The zero-order chi connectivity index (χ0) is 14.1. The van der Waals surface area contributed by atoms with Crippen LogP contribution in [0.15, 0.2) is 48.5 Å². The lowest BCUT2D eigenvalue weighted by molar-refractivity contribution is -0.115. The Hall–Kier alpha value is -1.16. The van der Waals surface area contributed by atoms with Crippen LogP contribution < -0.4 is 4.90 Å². The van der Waals surface area contributed by atoms with E-state index in [1.54, 1.807) is 22.7 Å². The van der Waals surface area contributed by atoms with Gasteiger partial charge in [0.25, 0.3) is 0 Å². The molecule has 20 heavy (non-hydrogen) atoms. The van der Waals surface area contributed by atoms with Gasteiger partial charge in [-0.15, -0.1) is 11.8 Å². The van der Waals surface area contributed by atoms with Gasteiger partial charge in [-0.05, 0) is 18.2 Å². The van der Waals surface area contributed by atoms with Gasteiger partial charge in [-0.25, -0.2) is 0 Å². The number of halogens is 2. The Morgan fingerprint density at radius 1 is 1.05 bits per heavy atom. The zero-order valence-electron chi connectivity index (χ0n) is 10.4. The summed E-state index contributed by atoms with van der Waals surface area (Å²) in [6.07, 6.45) is 0. The van der Waals surface area contributed by atoms with Gasteiger partial charge in [-0.2, -0.15) is 0 Å². The fourth-order valence-electron chi connectivity index (χ4n) is 2.23. The molecule has 1 amide bonds. The molecule has 0 unspecified atom stereocenters. The maximum absolute atomic E-state index is 12.2. The smallest absolute Gasteiger partial charge is 0.238 e. The first-order valence-electron chi connectivity index (χ1n) is 6.11. The van der Waals surface area contributed by atoms with Crippen molar-refractivity contribution in [2.45, 2.75) is 5.37 Å².